The molecular formula is C20H19NO5. The van der Waals surface area contributed by atoms with Crippen LogP contribution in [0.1, 0.15) is 45.7 Å². The van der Waals surface area contributed by atoms with Gasteiger partial charge in [0.05, 0.1) is 23.3 Å². The second-order valence-electron chi connectivity index (χ2n) is 6.32. The lowest BCUT2D eigenvalue weighted by molar-refractivity contribution is 0.0695. The van der Waals surface area contributed by atoms with Crippen molar-refractivity contribution in [3.8, 4) is 22.9 Å². The molecule has 0 fully saturated rings. The van der Waals surface area contributed by atoms with Gasteiger partial charge in [-0.1, -0.05) is 26.0 Å². The standard InChI is InChI=1S/C20H19NO5/c1-11(2)10-26-16-7-5-13(8-14(16)9-21)18-15(19(22)23)6-4-12(3)17(18)20(24)25/h4-8,11H,10H2,1-3H3,(H,22,23)(H,24,25). The zero-order valence-electron chi connectivity index (χ0n) is 14.7. The number of ether oxygens (including phenoxy) is 1. The number of nitriles is 1. The SMILES string of the molecule is Cc1ccc(C(=O)O)c(-c2ccc(OCC(C)C)c(C#N)c2)c1C(=O)O. The first-order chi connectivity index (χ1) is 12.3. The summed E-state index contributed by atoms with van der Waals surface area (Å²) in [6, 6.07) is 9.45. The van der Waals surface area contributed by atoms with E-state index in [1.54, 1.807) is 19.1 Å². The average Bonchev–Trinajstić information content (AvgIpc) is 2.58. The van der Waals surface area contributed by atoms with Crippen LogP contribution < -0.4 is 4.74 Å². The van der Waals surface area contributed by atoms with Gasteiger partial charge in [0.25, 0.3) is 0 Å². The lowest BCUT2D eigenvalue weighted by Crippen LogP contribution is -2.09. The van der Waals surface area contributed by atoms with E-state index in [4.69, 9.17) is 4.74 Å². The normalized spacial score (nSPS) is 10.4. The van der Waals surface area contributed by atoms with Crippen molar-refractivity contribution in [3.63, 3.8) is 0 Å². The highest BCUT2D eigenvalue weighted by Gasteiger charge is 2.23. The maximum atomic E-state index is 11.7. The molecule has 0 saturated carbocycles. The van der Waals surface area contributed by atoms with E-state index in [2.05, 4.69) is 0 Å². The van der Waals surface area contributed by atoms with Gasteiger partial charge in [-0.25, -0.2) is 9.59 Å². The van der Waals surface area contributed by atoms with Gasteiger partial charge < -0.3 is 14.9 Å². The Hall–Kier alpha value is -3.33. The van der Waals surface area contributed by atoms with Crippen LogP contribution in [0.5, 0.6) is 5.75 Å². The fourth-order valence-corrected chi connectivity index (χ4v) is 2.62. The molecule has 134 valence electrons. The summed E-state index contributed by atoms with van der Waals surface area (Å²) in [5.41, 5.74) is 0.861. The molecule has 0 amide bonds. The number of carbonyl (C=O) groups is 2. The van der Waals surface area contributed by atoms with Gasteiger partial charge in [-0.05, 0) is 42.2 Å². The van der Waals surface area contributed by atoms with Crippen molar-refractivity contribution in [3.05, 3.63) is 52.6 Å². The molecule has 0 aliphatic heterocycles. The molecule has 0 spiro atoms. The summed E-state index contributed by atoms with van der Waals surface area (Å²) in [7, 11) is 0. The van der Waals surface area contributed by atoms with E-state index in [1.807, 2.05) is 19.9 Å². The Morgan fingerprint density at radius 1 is 1.15 bits per heavy atom. The maximum absolute atomic E-state index is 11.7. The molecule has 0 saturated heterocycles. The first-order valence-corrected chi connectivity index (χ1v) is 8.03. The first-order valence-electron chi connectivity index (χ1n) is 8.03. The summed E-state index contributed by atoms with van der Waals surface area (Å²) in [5, 5.41) is 28.4. The van der Waals surface area contributed by atoms with Gasteiger partial charge in [0.15, 0.2) is 0 Å². The summed E-state index contributed by atoms with van der Waals surface area (Å²) in [4.78, 5) is 23.3. The Balaban J connectivity index is 2.68. The highest BCUT2D eigenvalue weighted by Crippen LogP contribution is 2.33. The third-order valence-electron chi connectivity index (χ3n) is 3.82. The van der Waals surface area contributed by atoms with E-state index >= 15 is 0 Å². The zero-order valence-corrected chi connectivity index (χ0v) is 14.7. The highest BCUT2D eigenvalue weighted by atomic mass is 16.5. The van der Waals surface area contributed by atoms with Crippen LogP contribution in [0.25, 0.3) is 11.1 Å². The molecule has 0 aromatic heterocycles. The van der Waals surface area contributed by atoms with E-state index in [0.717, 1.165) is 0 Å². The quantitative estimate of drug-likeness (QED) is 0.814. The van der Waals surface area contributed by atoms with E-state index in [9.17, 15) is 25.1 Å². The monoisotopic (exact) mass is 353 g/mol. The minimum atomic E-state index is -1.24. The van der Waals surface area contributed by atoms with Crippen LogP contribution in [-0.2, 0) is 0 Å². The number of carboxylic acids is 2. The first kappa shape index (κ1) is 19.0. The molecule has 0 aliphatic rings. The lowest BCUT2D eigenvalue weighted by Gasteiger charge is -2.15. The number of carboxylic acid groups (broad SMARTS) is 2. The Morgan fingerprint density at radius 2 is 1.85 bits per heavy atom. The largest absolute Gasteiger partial charge is 0.492 e. The Morgan fingerprint density at radius 3 is 2.38 bits per heavy atom. The zero-order chi connectivity index (χ0) is 19.4. The molecule has 0 aliphatic carbocycles. The Labute approximate surface area is 151 Å². The van der Waals surface area contributed by atoms with Crippen molar-refractivity contribution in [2.24, 2.45) is 5.92 Å². The van der Waals surface area contributed by atoms with E-state index in [-0.39, 0.29) is 28.2 Å². The molecule has 0 bridgehead atoms. The van der Waals surface area contributed by atoms with E-state index in [1.165, 1.54) is 18.2 Å². The number of benzene rings is 2. The van der Waals surface area contributed by atoms with Crippen LogP contribution in [0.2, 0.25) is 0 Å². The van der Waals surface area contributed by atoms with Crippen LogP contribution in [0.15, 0.2) is 30.3 Å². The van der Waals surface area contributed by atoms with Gasteiger partial charge in [-0.2, -0.15) is 5.26 Å². The van der Waals surface area contributed by atoms with Crippen molar-refractivity contribution >= 4 is 11.9 Å². The summed E-state index contributed by atoms with van der Waals surface area (Å²) >= 11 is 0. The summed E-state index contributed by atoms with van der Waals surface area (Å²) in [6.45, 7) is 5.99. The van der Waals surface area contributed by atoms with Crippen molar-refractivity contribution in [2.75, 3.05) is 6.61 Å². The number of nitrogens with zero attached hydrogens (tertiary/aromatic N) is 1. The second kappa shape index (κ2) is 7.70. The van der Waals surface area contributed by atoms with Crippen LogP contribution in [-0.4, -0.2) is 28.8 Å². The Kier molecular flexibility index (Phi) is 5.63. The molecule has 2 N–H and O–H groups in total. The molecule has 2 rings (SSSR count). The molecule has 0 radical (unpaired) electrons. The summed E-state index contributed by atoms with van der Waals surface area (Å²) < 4.78 is 5.60. The van der Waals surface area contributed by atoms with Crippen LogP contribution in [0.4, 0.5) is 0 Å². The molecular weight excluding hydrogens is 334 g/mol. The molecule has 0 atom stereocenters. The van der Waals surface area contributed by atoms with Gasteiger partial charge in [-0.15, -0.1) is 0 Å². The summed E-state index contributed by atoms with van der Waals surface area (Å²) in [6.07, 6.45) is 0. The summed E-state index contributed by atoms with van der Waals surface area (Å²) in [5.74, 6) is -1.80. The van der Waals surface area contributed by atoms with Crippen LogP contribution >= 0.6 is 0 Å². The molecule has 26 heavy (non-hydrogen) atoms. The smallest absolute Gasteiger partial charge is 0.336 e. The van der Waals surface area contributed by atoms with Gasteiger partial charge >= 0.3 is 11.9 Å². The third-order valence-corrected chi connectivity index (χ3v) is 3.82. The van der Waals surface area contributed by atoms with Crippen molar-refractivity contribution in [2.45, 2.75) is 20.8 Å². The lowest BCUT2D eigenvalue weighted by atomic mass is 9.90. The van der Waals surface area contributed by atoms with Gasteiger partial charge in [0, 0.05) is 5.56 Å². The average molecular weight is 353 g/mol. The number of rotatable bonds is 6. The highest BCUT2D eigenvalue weighted by molar-refractivity contribution is 6.06. The van der Waals surface area contributed by atoms with Crippen molar-refractivity contribution in [1.29, 1.82) is 5.26 Å². The van der Waals surface area contributed by atoms with Crippen molar-refractivity contribution in [1.82, 2.24) is 0 Å². The predicted octanol–water partition coefficient (Wildman–Crippen LogP) is 3.96. The fraction of sp³-hybridized carbons (Fsp3) is 0.250. The van der Waals surface area contributed by atoms with Gasteiger partial charge in [-0.3, -0.25) is 0 Å². The fourth-order valence-electron chi connectivity index (χ4n) is 2.62. The minimum absolute atomic E-state index is 0.0805. The topological polar surface area (TPSA) is 108 Å². The van der Waals surface area contributed by atoms with E-state index in [0.29, 0.717) is 23.5 Å². The molecule has 0 heterocycles. The number of hydrogen-bond donors (Lipinski definition) is 2. The molecule has 2 aromatic carbocycles. The van der Waals surface area contributed by atoms with Gasteiger partial charge in [0.2, 0.25) is 0 Å². The number of aromatic carboxylic acids is 2. The third kappa shape index (κ3) is 3.83. The van der Waals surface area contributed by atoms with Crippen LogP contribution in [0.3, 0.4) is 0 Å². The predicted molar refractivity (Wildman–Crippen MR) is 95.6 cm³/mol. The van der Waals surface area contributed by atoms with E-state index < -0.39 is 11.9 Å². The van der Waals surface area contributed by atoms with Crippen molar-refractivity contribution < 1.29 is 24.5 Å². The maximum Gasteiger partial charge on any atom is 0.336 e. The number of aryl methyl sites for hydroxylation is 1. The van der Waals surface area contributed by atoms with Gasteiger partial charge in [0.1, 0.15) is 11.8 Å². The molecule has 6 nitrogen and oxygen atoms in total. The van der Waals surface area contributed by atoms with Crippen LogP contribution in [0, 0.1) is 24.2 Å². The molecule has 2 aromatic rings. The minimum Gasteiger partial charge on any atom is -0.492 e. The Bertz CT molecular complexity index is 909. The second-order valence-corrected chi connectivity index (χ2v) is 6.32. The molecule has 0 unspecified atom stereocenters. The molecule has 6 heteroatoms. The number of hydrogen-bond acceptors (Lipinski definition) is 4.